The summed E-state index contributed by atoms with van der Waals surface area (Å²) in [5.41, 5.74) is 1.10. The number of benzene rings is 1. The third kappa shape index (κ3) is 3.58. The van der Waals surface area contributed by atoms with Gasteiger partial charge in [0.05, 0.1) is 5.69 Å². The Balaban J connectivity index is 2.36. The van der Waals surface area contributed by atoms with Crippen molar-refractivity contribution in [2.75, 3.05) is 23.3 Å². The quantitative estimate of drug-likeness (QED) is 0.915. The molecule has 7 heteroatoms. The van der Waals surface area contributed by atoms with Gasteiger partial charge >= 0.3 is 0 Å². The molecule has 0 saturated heterocycles. The van der Waals surface area contributed by atoms with Crippen LogP contribution < -0.4 is 10.2 Å². The zero-order valence-electron chi connectivity index (χ0n) is 12.2. The second kappa shape index (κ2) is 6.67. The van der Waals surface area contributed by atoms with Gasteiger partial charge in [0.1, 0.15) is 5.82 Å². The van der Waals surface area contributed by atoms with Crippen molar-refractivity contribution in [2.45, 2.75) is 20.8 Å². The molecule has 0 atom stereocenters. The number of hydrogen-bond acceptors (Lipinski definition) is 5. The van der Waals surface area contributed by atoms with E-state index in [4.69, 9.17) is 11.6 Å². The summed E-state index contributed by atoms with van der Waals surface area (Å²) >= 11 is 5.93. The van der Waals surface area contributed by atoms with Gasteiger partial charge in [-0.2, -0.15) is 15.0 Å². The molecular weight excluding hydrogens is 293 g/mol. The molecule has 0 aliphatic rings. The van der Waals surface area contributed by atoms with E-state index >= 15 is 0 Å². The van der Waals surface area contributed by atoms with Gasteiger partial charge in [0.2, 0.25) is 17.2 Å². The molecule has 0 fully saturated rings. The van der Waals surface area contributed by atoms with Crippen molar-refractivity contribution in [3.8, 4) is 0 Å². The lowest BCUT2D eigenvalue weighted by Gasteiger charge is -2.19. The van der Waals surface area contributed by atoms with Crippen LogP contribution in [0.3, 0.4) is 0 Å². The molecule has 0 bridgehead atoms. The molecule has 0 amide bonds. The van der Waals surface area contributed by atoms with Crippen LogP contribution in [0.25, 0.3) is 0 Å². The lowest BCUT2D eigenvalue weighted by atomic mass is 10.2. The van der Waals surface area contributed by atoms with E-state index in [1.807, 2.05) is 18.7 Å². The van der Waals surface area contributed by atoms with Crippen molar-refractivity contribution >= 4 is 29.2 Å². The molecule has 1 heterocycles. The zero-order chi connectivity index (χ0) is 15.4. The first-order valence-corrected chi connectivity index (χ1v) is 7.11. The summed E-state index contributed by atoms with van der Waals surface area (Å²) in [6.07, 6.45) is 0. The molecule has 0 radical (unpaired) electrons. The number of aromatic nitrogens is 3. The maximum absolute atomic E-state index is 13.9. The van der Waals surface area contributed by atoms with E-state index in [0.29, 0.717) is 11.6 Å². The normalized spacial score (nSPS) is 10.5. The van der Waals surface area contributed by atoms with Crippen molar-refractivity contribution in [1.82, 2.24) is 15.0 Å². The van der Waals surface area contributed by atoms with Crippen LogP contribution in [-0.4, -0.2) is 28.0 Å². The van der Waals surface area contributed by atoms with Crippen molar-refractivity contribution in [1.29, 1.82) is 0 Å². The molecule has 0 aliphatic carbocycles. The summed E-state index contributed by atoms with van der Waals surface area (Å²) in [5, 5.41) is 2.95. The fraction of sp³-hybridized carbons (Fsp3) is 0.357. The van der Waals surface area contributed by atoms with Crippen molar-refractivity contribution in [2.24, 2.45) is 0 Å². The smallest absolute Gasteiger partial charge is 0.233 e. The van der Waals surface area contributed by atoms with Crippen LogP contribution in [0.5, 0.6) is 0 Å². The molecule has 2 aromatic rings. The van der Waals surface area contributed by atoms with Gasteiger partial charge in [0, 0.05) is 13.1 Å². The summed E-state index contributed by atoms with van der Waals surface area (Å²) in [7, 11) is 0. The molecule has 0 aliphatic heterocycles. The standard InChI is InChI=1S/C14H17ClFN5/c1-4-21(5-2)14-19-12(15)18-13(20-14)17-11-9(3)7-6-8-10(11)16/h6-8H,4-5H2,1-3H3,(H,17,18,19,20). The van der Waals surface area contributed by atoms with E-state index in [-0.39, 0.29) is 17.0 Å². The maximum atomic E-state index is 13.9. The SMILES string of the molecule is CCN(CC)c1nc(Cl)nc(Nc2c(C)cccc2F)n1. The average Bonchev–Trinajstić information content (AvgIpc) is 2.44. The first-order chi connectivity index (χ1) is 10.0. The first kappa shape index (κ1) is 15.4. The Kier molecular flexibility index (Phi) is 4.90. The van der Waals surface area contributed by atoms with Gasteiger partial charge in [-0.15, -0.1) is 0 Å². The van der Waals surface area contributed by atoms with Crippen LogP contribution in [0.15, 0.2) is 18.2 Å². The second-order valence-corrected chi connectivity index (χ2v) is 4.80. The Labute approximate surface area is 128 Å². The number of halogens is 2. The maximum Gasteiger partial charge on any atom is 0.233 e. The van der Waals surface area contributed by atoms with Crippen LogP contribution in [0.2, 0.25) is 5.28 Å². The minimum atomic E-state index is -0.365. The second-order valence-electron chi connectivity index (χ2n) is 4.46. The third-order valence-electron chi connectivity index (χ3n) is 3.10. The molecule has 0 saturated carbocycles. The van der Waals surface area contributed by atoms with Gasteiger partial charge in [0.15, 0.2) is 0 Å². The van der Waals surface area contributed by atoms with Gasteiger partial charge in [-0.1, -0.05) is 12.1 Å². The highest BCUT2D eigenvalue weighted by atomic mass is 35.5. The predicted molar refractivity (Wildman–Crippen MR) is 82.8 cm³/mol. The van der Waals surface area contributed by atoms with Gasteiger partial charge in [-0.3, -0.25) is 0 Å². The summed E-state index contributed by atoms with van der Waals surface area (Å²) in [6.45, 7) is 7.29. The van der Waals surface area contributed by atoms with Crippen LogP contribution in [0.4, 0.5) is 22.0 Å². The van der Waals surface area contributed by atoms with Crippen LogP contribution in [-0.2, 0) is 0 Å². The minimum absolute atomic E-state index is 0.0726. The Hall–Kier alpha value is -1.95. The van der Waals surface area contributed by atoms with E-state index in [2.05, 4.69) is 20.3 Å². The van der Waals surface area contributed by atoms with E-state index in [1.165, 1.54) is 6.07 Å². The third-order valence-corrected chi connectivity index (χ3v) is 3.27. The largest absolute Gasteiger partial charge is 0.341 e. The zero-order valence-corrected chi connectivity index (χ0v) is 12.9. The van der Waals surface area contributed by atoms with Crippen molar-refractivity contribution in [3.63, 3.8) is 0 Å². The molecule has 1 aromatic heterocycles. The monoisotopic (exact) mass is 309 g/mol. The molecule has 2 rings (SSSR count). The number of nitrogens with zero attached hydrogens (tertiary/aromatic N) is 4. The van der Waals surface area contributed by atoms with Crippen LogP contribution in [0.1, 0.15) is 19.4 Å². The van der Waals surface area contributed by atoms with E-state index < -0.39 is 0 Å². The molecule has 0 spiro atoms. The number of anilines is 3. The number of hydrogen-bond donors (Lipinski definition) is 1. The molecule has 112 valence electrons. The molecule has 1 aromatic carbocycles. The highest BCUT2D eigenvalue weighted by molar-refractivity contribution is 6.28. The van der Waals surface area contributed by atoms with Gasteiger partial charge < -0.3 is 10.2 Å². The van der Waals surface area contributed by atoms with E-state index in [9.17, 15) is 4.39 Å². The van der Waals surface area contributed by atoms with Crippen molar-refractivity contribution in [3.05, 3.63) is 34.9 Å². The molecule has 5 nitrogen and oxygen atoms in total. The van der Waals surface area contributed by atoms with Gasteiger partial charge in [-0.05, 0) is 44.0 Å². The predicted octanol–water partition coefficient (Wildman–Crippen LogP) is 3.56. The number of nitrogens with one attached hydrogen (secondary N) is 1. The van der Waals surface area contributed by atoms with E-state index in [1.54, 1.807) is 19.1 Å². The summed E-state index contributed by atoms with van der Waals surface area (Å²) in [6, 6.07) is 4.83. The Morgan fingerprint density at radius 2 is 1.90 bits per heavy atom. The number of para-hydroxylation sites is 1. The molecule has 1 N–H and O–H groups in total. The van der Waals surface area contributed by atoms with E-state index in [0.717, 1.165) is 18.7 Å². The highest BCUT2D eigenvalue weighted by Gasteiger charge is 2.12. The van der Waals surface area contributed by atoms with Crippen molar-refractivity contribution < 1.29 is 4.39 Å². The topological polar surface area (TPSA) is 53.9 Å². The fourth-order valence-corrected chi connectivity index (χ4v) is 2.10. The molecule has 21 heavy (non-hydrogen) atoms. The van der Waals surface area contributed by atoms with Crippen LogP contribution in [0, 0.1) is 12.7 Å². The molecular formula is C14H17ClFN5. The fourth-order valence-electron chi connectivity index (χ4n) is 1.95. The lowest BCUT2D eigenvalue weighted by molar-refractivity contribution is 0.630. The summed E-state index contributed by atoms with van der Waals surface area (Å²) in [4.78, 5) is 14.3. The molecule has 0 unspecified atom stereocenters. The minimum Gasteiger partial charge on any atom is -0.341 e. The Bertz CT molecular complexity index is 611. The summed E-state index contributed by atoms with van der Waals surface area (Å²) in [5.74, 6) is 0.331. The van der Waals surface area contributed by atoms with Gasteiger partial charge in [0.25, 0.3) is 0 Å². The highest BCUT2D eigenvalue weighted by Crippen LogP contribution is 2.23. The van der Waals surface area contributed by atoms with Crippen LogP contribution >= 0.6 is 11.6 Å². The number of rotatable bonds is 5. The lowest BCUT2D eigenvalue weighted by Crippen LogP contribution is -2.24. The summed E-state index contributed by atoms with van der Waals surface area (Å²) < 4.78 is 13.9. The van der Waals surface area contributed by atoms with Gasteiger partial charge in [-0.25, -0.2) is 4.39 Å². The average molecular weight is 310 g/mol. The number of aryl methyl sites for hydroxylation is 1. The Morgan fingerprint density at radius 3 is 2.52 bits per heavy atom. The Morgan fingerprint density at radius 1 is 1.19 bits per heavy atom. The first-order valence-electron chi connectivity index (χ1n) is 6.73.